The van der Waals surface area contributed by atoms with Gasteiger partial charge in [-0.1, -0.05) is 58.9 Å². The number of primary amides is 1. The summed E-state index contributed by atoms with van der Waals surface area (Å²) in [5.74, 6) is -6.96. The Hall–Kier alpha value is -6.01. The zero-order chi connectivity index (χ0) is 66.5. The van der Waals surface area contributed by atoms with E-state index in [1.165, 1.54) is 11.8 Å². The predicted molar refractivity (Wildman–Crippen MR) is 333 cm³/mol. The molecule has 0 saturated carbocycles. The molecule has 0 aliphatic carbocycles. The van der Waals surface area contributed by atoms with Crippen LogP contribution in [-0.4, -0.2) is 148 Å². The molecule has 0 spiro atoms. The third-order valence-electron chi connectivity index (χ3n) is 12.9. The number of carbonyl (C=O) groups excluding carboxylic acids is 10. The Labute approximate surface area is 516 Å². The first kappa shape index (κ1) is 78.0. The molecule has 0 heterocycles. The Morgan fingerprint density at radius 1 is 0.558 bits per heavy atom. The van der Waals surface area contributed by atoms with Gasteiger partial charge in [0, 0.05) is 36.6 Å². The van der Waals surface area contributed by atoms with E-state index < -0.39 is 148 Å². The van der Waals surface area contributed by atoms with Gasteiger partial charge in [-0.3, -0.25) is 43.2 Å². The summed E-state index contributed by atoms with van der Waals surface area (Å²) in [6.07, 6.45) is -0.166. The monoisotopic (exact) mass is 1230 g/mol. The molecule has 8 atom stereocenters. The average molecular weight is 1230 g/mol. The minimum absolute atomic E-state index is 0.0698. The molecule has 1 aromatic carbocycles. The fourth-order valence-corrected chi connectivity index (χ4v) is 9.01. The first-order valence-electron chi connectivity index (χ1n) is 29.7. The minimum atomic E-state index is -1.43. The van der Waals surface area contributed by atoms with Crippen molar-refractivity contribution in [3.63, 3.8) is 0 Å². The summed E-state index contributed by atoms with van der Waals surface area (Å²) in [5, 5.41) is 19.3. The molecule has 0 radical (unpaired) electrons. The van der Waals surface area contributed by atoms with Gasteiger partial charge >= 0.3 is 18.0 Å². The van der Waals surface area contributed by atoms with Crippen LogP contribution in [-0.2, 0) is 73.9 Å². The average Bonchev–Trinajstić information content (AvgIpc) is 1.79. The zero-order valence-electron chi connectivity index (χ0n) is 55.4. The van der Waals surface area contributed by atoms with Crippen LogP contribution in [0.5, 0.6) is 0 Å². The summed E-state index contributed by atoms with van der Waals surface area (Å²) in [6.45, 7) is 35.6. The number of rotatable bonds is 32. The van der Waals surface area contributed by atoms with Crippen molar-refractivity contribution in [2.24, 2.45) is 17.4 Å². The number of nitrogens with two attached hydrogens (primary N) is 2. The van der Waals surface area contributed by atoms with Crippen LogP contribution in [0.3, 0.4) is 0 Å². The lowest BCUT2D eigenvalue weighted by Crippen LogP contribution is -2.64. The first-order valence-corrected chi connectivity index (χ1v) is 30.9. The maximum Gasteiger partial charge on any atom is 0.407 e. The highest BCUT2D eigenvalue weighted by Gasteiger charge is 2.41. The molecule has 1 aromatic rings. The standard InChI is InChI=1S/C62H107N9O14S/c1-36(2)32-43(68-54(79)48(37(3)82-58(7,8)9)70-51(76)41(63)35-47(74)84-60(13,14)15)53(78)71-49(62(19,20)86-21)55(80)69-44(33-38-25-27-39(28-26-38)57(4,5)6)52(77)66-40(29-30-46(73)83-59(10,11)12)34-45(72)67-42(50(64)75)24-22-23-31-65-56(81)85-61(16,17)18/h25-28,36-37,40-44,48-49H,22-24,29-35,63H2,1-21H3,(H2,64,75)(H,65,81)(H,66,77)(H,67,72)(H,68,79)(H,69,80)(H,70,76)(H,71,78)/t37?,40-,41-,42+,43+,44-,48-,49+/m0/s1. The van der Waals surface area contributed by atoms with Crippen molar-refractivity contribution in [1.29, 1.82) is 0 Å². The number of hydrogen-bond acceptors (Lipinski definition) is 16. The lowest BCUT2D eigenvalue weighted by Gasteiger charge is -2.35. The van der Waals surface area contributed by atoms with Gasteiger partial charge in [-0.25, -0.2) is 4.79 Å². The molecule has 0 saturated heterocycles. The maximum absolute atomic E-state index is 15.0. The zero-order valence-corrected chi connectivity index (χ0v) is 56.2. The molecule has 0 aliphatic rings. The second-order valence-corrected chi connectivity index (χ2v) is 29.4. The highest BCUT2D eigenvalue weighted by Crippen LogP contribution is 2.28. The van der Waals surface area contributed by atoms with Crippen LogP contribution in [0.1, 0.15) is 201 Å². The van der Waals surface area contributed by atoms with Gasteiger partial charge in [0.15, 0.2) is 0 Å². The number of alkyl carbamates (subject to hydrolysis) is 1. The maximum atomic E-state index is 15.0. The topological polar surface area (TPSA) is 344 Å². The number of nitrogens with one attached hydrogen (secondary N) is 7. The van der Waals surface area contributed by atoms with Gasteiger partial charge < -0.3 is 67.6 Å². The molecule has 23 nitrogen and oxygen atoms in total. The summed E-state index contributed by atoms with van der Waals surface area (Å²) in [4.78, 5) is 137. The summed E-state index contributed by atoms with van der Waals surface area (Å²) in [7, 11) is 0. The summed E-state index contributed by atoms with van der Waals surface area (Å²) in [5.41, 5.74) is 10.1. The van der Waals surface area contributed by atoms with Gasteiger partial charge in [-0.05, 0) is 165 Å². The van der Waals surface area contributed by atoms with Gasteiger partial charge in [-0.2, -0.15) is 11.8 Å². The second-order valence-electron chi connectivity index (χ2n) is 28.0. The lowest BCUT2D eigenvalue weighted by molar-refractivity contribution is -0.156. The smallest absolute Gasteiger partial charge is 0.407 e. The van der Waals surface area contributed by atoms with E-state index in [1.807, 2.05) is 38.1 Å². The van der Waals surface area contributed by atoms with Crippen molar-refractivity contribution in [2.75, 3.05) is 12.8 Å². The molecular formula is C62H107N9O14S. The van der Waals surface area contributed by atoms with Gasteiger partial charge in [-0.15, -0.1) is 0 Å². The molecule has 1 unspecified atom stereocenters. The Morgan fingerprint density at radius 2 is 1.09 bits per heavy atom. The summed E-state index contributed by atoms with van der Waals surface area (Å²) >= 11 is 1.25. The summed E-state index contributed by atoms with van der Waals surface area (Å²) < 4.78 is 21.2. The van der Waals surface area contributed by atoms with Gasteiger partial charge in [0.05, 0.1) is 24.2 Å². The molecule has 86 heavy (non-hydrogen) atoms. The predicted octanol–water partition coefficient (Wildman–Crippen LogP) is 5.58. The number of benzene rings is 1. The highest BCUT2D eigenvalue weighted by molar-refractivity contribution is 8.00. The van der Waals surface area contributed by atoms with E-state index >= 15 is 4.79 Å². The highest BCUT2D eigenvalue weighted by atomic mass is 32.2. The SMILES string of the molecule is CSC(C)(C)[C@H](NC(=O)[C@@H](CC(C)C)NC(=O)[C@@H](NC(=O)[C@@H](N)CC(=O)OC(C)(C)C)C(C)OC(C)(C)C)C(=O)N[C@@H](Cc1ccc(C(C)(C)C)cc1)C(=O)N[C@@H](CCC(=O)OC(C)(C)C)CC(=O)N[C@H](CCCCNC(=O)OC(C)(C)C)C(N)=O. The molecule has 0 aliphatic heterocycles. The molecule has 1 rings (SSSR count). The Balaban J connectivity index is 3.79. The molecule has 0 aromatic heterocycles. The van der Waals surface area contributed by atoms with E-state index in [9.17, 15) is 43.2 Å². The minimum Gasteiger partial charge on any atom is -0.460 e. The van der Waals surface area contributed by atoms with Crippen molar-refractivity contribution in [3.8, 4) is 0 Å². The third-order valence-corrected chi connectivity index (χ3v) is 14.2. The van der Waals surface area contributed by atoms with E-state index in [1.54, 1.807) is 110 Å². The van der Waals surface area contributed by atoms with Crippen molar-refractivity contribution in [1.82, 2.24) is 37.2 Å². The molecule has 490 valence electrons. The number of ether oxygens (including phenoxy) is 4. The van der Waals surface area contributed by atoms with Gasteiger partial charge in [0.25, 0.3) is 0 Å². The molecule has 11 N–H and O–H groups in total. The van der Waals surface area contributed by atoms with Crippen LogP contribution in [0.15, 0.2) is 24.3 Å². The van der Waals surface area contributed by atoms with E-state index in [4.69, 9.17) is 30.4 Å². The molecule has 8 amide bonds. The Bertz CT molecular complexity index is 2440. The van der Waals surface area contributed by atoms with E-state index in [-0.39, 0.29) is 50.0 Å². The van der Waals surface area contributed by atoms with E-state index in [0.717, 1.165) is 5.56 Å². The lowest BCUT2D eigenvalue weighted by atomic mass is 9.86. The number of hydrogen-bond donors (Lipinski definition) is 9. The quantitative estimate of drug-likeness (QED) is 0.0242. The van der Waals surface area contributed by atoms with Crippen molar-refractivity contribution >= 4 is 71.1 Å². The van der Waals surface area contributed by atoms with Crippen molar-refractivity contribution < 1.29 is 66.9 Å². The van der Waals surface area contributed by atoms with Crippen molar-refractivity contribution in [2.45, 2.75) is 277 Å². The number of thioether (sulfide) groups is 1. The molecule has 24 heteroatoms. The van der Waals surface area contributed by atoms with E-state index in [2.05, 4.69) is 58.0 Å². The normalized spacial score (nSPS) is 15.2. The fourth-order valence-electron chi connectivity index (χ4n) is 8.61. The van der Waals surface area contributed by atoms with Gasteiger partial charge in [0.1, 0.15) is 47.0 Å². The second kappa shape index (κ2) is 33.9. The van der Waals surface area contributed by atoms with Crippen LogP contribution >= 0.6 is 11.8 Å². The van der Waals surface area contributed by atoms with Crippen molar-refractivity contribution in [3.05, 3.63) is 35.4 Å². The fraction of sp³-hybridized carbons (Fsp3) is 0.742. The number of esters is 2. The number of unbranched alkanes of at least 4 members (excludes halogenated alkanes) is 1. The molecular weight excluding hydrogens is 1130 g/mol. The van der Waals surface area contributed by atoms with Crippen LogP contribution in [0.25, 0.3) is 0 Å². The Morgan fingerprint density at radius 3 is 1.59 bits per heavy atom. The number of carbonyl (C=O) groups is 10. The van der Waals surface area contributed by atoms with Crippen LogP contribution in [0, 0.1) is 5.92 Å². The third kappa shape index (κ3) is 32.1. The van der Waals surface area contributed by atoms with Gasteiger partial charge in [0.2, 0.25) is 41.4 Å². The largest absolute Gasteiger partial charge is 0.460 e. The van der Waals surface area contributed by atoms with Crippen LogP contribution in [0.2, 0.25) is 0 Å². The Kier molecular flexibility index (Phi) is 30.8. The van der Waals surface area contributed by atoms with E-state index in [0.29, 0.717) is 18.4 Å². The van der Waals surface area contributed by atoms with Crippen LogP contribution < -0.4 is 48.7 Å². The van der Waals surface area contributed by atoms with Crippen LogP contribution in [0.4, 0.5) is 4.79 Å². The molecule has 0 bridgehead atoms. The molecule has 0 fully saturated rings. The first-order chi connectivity index (χ1) is 39.1. The number of amides is 8. The summed E-state index contributed by atoms with van der Waals surface area (Å²) in [6, 6.07) is -1.54.